The highest BCUT2D eigenvalue weighted by Gasteiger charge is 2.47. The Morgan fingerprint density at radius 1 is 1.22 bits per heavy atom. The second-order valence-electron chi connectivity index (χ2n) is 5.61. The van der Waals surface area contributed by atoms with E-state index in [2.05, 4.69) is 5.32 Å². The summed E-state index contributed by atoms with van der Waals surface area (Å²) in [5, 5.41) is 13.5. The van der Waals surface area contributed by atoms with Crippen molar-refractivity contribution >= 4 is 17.4 Å². The van der Waals surface area contributed by atoms with Crippen molar-refractivity contribution < 1.29 is 19.4 Å². The van der Waals surface area contributed by atoms with Crippen molar-refractivity contribution in [2.45, 2.75) is 18.9 Å². The lowest BCUT2D eigenvalue weighted by Gasteiger charge is -2.20. The zero-order valence-electron chi connectivity index (χ0n) is 12.9. The molecule has 23 heavy (non-hydrogen) atoms. The predicted octanol–water partition coefficient (Wildman–Crippen LogP) is 2.42. The van der Waals surface area contributed by atoms with Crippen LogP contribution in [0.1, 0.15) is 27.9 Å². The Balaban J connectivity index is 1.98. The SMILES string of the molecule is COc1ccccc1C(=O)CC1(O)C(=O)Nc2c(C)cccc21. The average molecular weight is 311 g/mol. The lowest BCUT2D eigenvalue weighted by Crippen LogP contribution is -2.36. The number of aliphatic hydroxyl groups is 1. The van der Waals surface area contributed by atoms with Crippen LogP contribution in [0.5, 0.6) is 5.75 Å². The summed E-state index contributed by atoms with van der Waals surface area (Å²) in [5.74, 6) is -0.511. The first-order chi connectivity index (χ1) is 11.0. The molecule has 118 valence electrons. The third-order valence-electron chi connectivity index (χ3n) is 4.16. The van der Waals surface area contributed by atoms with Gasteiger partial charge in [0.1, 0.15) is 5.75 Å². The maximum Gasteiger partial charge on any atom is 0.261 e. The first-order valence-corrected chi connectivity index (χ1v) is 7.27. The van der Waals surface area contributed by atoms with E-state index < -0.39 is 11.5 Å². The minimum absolute atomic E-state index is 0.338. The number of fused-ring (bicyclic) bond motifs is 1. The molecule has 0 aromatic heterocycles. The third-order valence-corrected chi connectivity index (χ3v) is 4.16. The van der Waals surface area contributed by atoms with E-state index in [9.17, 15) is 14.7 Å². The summed E-state index contributed by atoms with van der Waals surface area (Å²) < 4.78 is 5.18. The second-order valence-corrected chi connectivity index (χ2v) is 5.61. The molecule has 2 N–H and O–H groups in total. The van der Waals surface area contributed by atoms with Crippen LogP contribution in [0, 0.1) is 6.92 Å². The van der Waals surface area contributed by atoms with Crippen LogP contribution < -0.4 is 10.1 Å². The highest BCUT2D eigenvalue weighted by Crippen LogP contribution is 2.41. The van der Waals surface area contributed by atoms with Gasteiger partial charge in [0.25, 0.3) is 5.91 Å². The fourth-order valence-electron chi connectivity index (χ4n) is 2.90. The lowest BCUT2D eigenvalue weighted by atomic mass is 9.87. The maximum absolute atomic E-state index is 12.6. The number of ether oxygens (including phenoxy) is 1. The largest absolute Gasteiger partial charge is 0.496 e. The van der Waals surface area contributed by atoms with E-state index in [-0.39, 0.29) is 12.2 Å². The maximum atomic E-state index is 12.6. The van der Waals surface area contributed by atoms with Gasteiger partial charge < -0.3 is 15.2 Å². The fraction of sp³-hybridized carbons (Fsp3) is 0.222. The number of aryl methyl sites for hydroxylation is 1. The molecule has 5 heteroatoms. The van der Waals surface area contributed by atoms with Crippen LogP contribution in [0.15, 0.2) is 42.5 Å². The lowest BCUT2D eigenvalue weighted by molar-refractivity contribution is -0.133. The highest BCUT2D eigenvalue weighted by atomic mass is 16.5. The van der Waals surface area contributed by atoms with E-state index in [1.807, 2.05) is 13.0 Å². The van der Waals surface area contributed by atoms with Gasteiger partial charge in [0.05, 0.1) is 24.8 Å². The summed E-state index contributed by atoms with van der Waals surface area (Å²) in [6, 6.07) is 12.0. The van der Waals surface area contributed by atoms with Gasteiger partial charge in [-0.2, -0.15) is 0 Å². The molecule has 0 spiro atoms. The summed E-state index contributed by atoms with van der Waals surface area (Å²) in [5.41, 5.74) is 0.339. The zero-order valence-corrected chi connectivity index (χ0v) is 12.9. The molecule has 0 saturated carbocycles. The Kier molecular flexibility index (Phi) is 3.66. The topological polar surface area (TPSA) is 75.6 Å². The molecule has 1 aliphatic rings. The van der Waals surface area contributed by atoms with Crippen LogP contribution in [-0.4, -0.2) is 23.9 Å². The summed E-state index contributed by atoms with van der Waals surface area (Å²) in [4.78, 5) is 24.9. The predicted molar refractivity (Wildman–Crippen MR) is 85.6 cm³/mol. The van der Waals surface area contributed by atoms with Gasteiger partial charge in [-0.1, -0.05) is 30.3 Å². The summed E-state index contributed by atoms with van der Waals surface area (Å²) >= 11 is 0. The van der Waals surface area contributed by atoms with Crippen molar-refractivity contribution in [3.63, 3.8) is 0 Å². The molecule has 1 unspecified atom stereocenters. The monoisotopic (exact) mass is 311 g/mol. The molecule has 5 nitrogen and oxygen atoms in total. The Hall–Kier alpha value is -2.66. The molecule has 3 rings (SSSR count). The number of amides is 1. The van der Waals surface area contributed by atoms with Crippen LogP contribution in [0.25, 0.3) is 0 Å². The van der Waals surface area contributed by atoms with Crippen LogP contribution in [0.4, 0.5) is 5.69 Å². The molecule has 1 amide bonds. The van der Waals surface area contributed by atoms with Gasteiger partial charge >= 0.3 is 0 Å². The number of methoxy groups -OCH3 is 1. The Labute approximate surface area is 133 Å². The normalized spacial score (nSPS) is 19.2. The van der Waals surface area contributed by atoms with Gasteiger partial charge in [-0.25, -0.2) is 0 Å². The number of Topliss-reactive ketones (excluding diaryl/α,β-unsaturated/α-hetero) is 1. The van der Waals surface area contributed by atoms with Crippen molar-refractivity contribution in [2.24, 2.45) is 0 Å². The van der Waals surface area contributed by atoms with Gasteiger partial charge in [0.2, 0.25) is 0 Å². The first-order valence-electron chi connectivity index (χ1n) is 7.27. The molecule has 1 atom stereocenters. The average Bonchev–Trinajstić information content (AvgIpc) is 2.80. The Morgan fingerprint density at radius 3 is 2.70 bits per heavy atom. The first kappa shape index (κ1) is 15.2. The van der Waals surface area contributed by atoms with E-state index >= 15 is 0 Å². The minimum atomic E-state index is -1.86. The number of hydrogen-bond acceptors (Lipinski definition) is 4. The molecule has 0 bridgehead atoms. The molecular weight excluding hydrogens is 294 g/mol. The molecule has 2 aromatic carbocycles. The second kappa shape index (κ2) is 5.52. The van der Waals surface area contributed by atoms with E-state index in [0.29, 0.717) is 22.6 Å². The van der Waals surface area contributed by atoms with Gasteiger partial charge in [-0.05, 0) is 24.6 Å². The number of hydrogen-bond donors (Lipinski definition) is 2. The number of benzene rings is 2. The Bertz CT molecular complexity index is 799. The minimum Gasteiger partial charge on any atom is -0.496 e. The van der Waals surface area contributed by atoms with Crippen molar-refractivity contribution in [2.75, 3.05) is 12.4 Å². The zero-order chi connectivity index (χ0) is 16.6. The number of carbonyl (C=O) groups excluding carboxylic acids is 2. The number of nitrogens with one attached hydrogen (secondary N) is 1. The third kappa shape index (κ3) is 2.39. The molecule has 0 aliphatic carbocycles. The van der Waals surface area contributed by atoms with Crippen LogP contribution in [0.2, 0.25) is 0 Å². The number of rotatable bonds is 4. The van der Waals surface area contributed by atoms with Crippen LogP contribution in [0.3, 0.4) is 0 Å². The number of ketones is 1. The van der Waals surface area contributed by atoms with Gasteiger partial charge in [0.15, 0.2) is 11.4 Å². The van der Waals surface area contributed by atoms with Crippen LogP contribution >= 0.6 is 0 Å². The molecule has 0 fully saturated rings. The number of anilines is 1. The van der Waals surface area contributed by atoms with Crippen molar-refractivity contribution in [1.29, 1.82) is 0 Å². The molecule has 0 radical (unpaired) electrons. The van der Waals surface area contributed by atoms with Gasteiger partial charge in [0, 0.05) is 5.56 Å². The van der Waals surface area contributed by atoms with Gasteiger partial charge in [-0.3, -0.25) is 9.59 Å². The smallest absolute Gasteiger partial charge is 0.261 e. The number of carbonyl (C=O) groups is 2. The molecule has 2 aromatic rings. The van der Waals surface area contributed by atoms with Gasteiger partial charge in [-0.15, -0.1) is 0 Å². The van der Waals surface area contributed by atoms with Crippen molar-refractivity contribution in [3.05, 3.63) is 59.2 Å². The quantitative estimate of drug-likeness (QED) is 0.850. The summed E-state index contributed by atoms with van der Waals surface area (Å²) in [6.45, 7) is 1.84. The standard InChI is InChI=1S/C18H17NO4/c1-11-6-5-8-13-16(11)19-17(21)18(13,22)10-14(20)12-7-3-4-9-15(12)23-2/h3-9,22H,10H2,1-2H3,(H,19,21). The van der Waals surface area contributed by atoms with E-state index in [1.54, 1.807) is 36.4 Å². The Morgan fingerprint density at radius 2 is 1.96 bits per heavy atom. The number of para-hydroxylation sites is 2. The van der Waals surface area contributed by atoms with Crippen molar-refractivity contribution in [3.8, 4) is 5.75 Å². The van der Waals surface area contributed by atoms with E-state index in [1.165, 1.54) is 7.11 Å². The summed E-state index contributed by atoms with van der Waals surface area (Å²) in [7, 11) is 1.47. The van der Waals surface area contributed by atoms with E-state index in [4.69, 9.17) is 4.74 Å². The summed E-state index contributed by atoms with van der Waals surface area (Å²) in [6.07, 6.45) is -0.338. The highest BCUT2D eigenvalue weighted by molar-refractivity contribution is 6.10. The molecule has 1 aliphatic heterocycles. The fourth-order valence-corrected chi connectivity index (χ4v) is 2.90. The van der Waals surface area contributed by atoms with Crippen LogP contribution in [-0.2, 0) is 10.4 Å². The molecule has 0 saturated heterocycles. The molecular formula is C18H17NO4. The van der Waals surface area contributed by atoms with Crippen molar-refractivity contribution in [1.82, 2.24) is 0 Å². The van der Waals surface area contributed by atoms with E-state index in [0.717, 1.165) is 5.56 Å². The molecule has 1 heterocycles.